The predicted octanol–water partition coefficient (Wildman–Crippen LogP) is 2.51. The van der Waals surface area contributed by atoms with Crippen molar-refractivity contribution >= 4 is 41.6 Å². The number of amides is 1. The Balaban J connectivity index is 0.00000312. The molecule has 1 heterocycles. The Bertz CT molecular complexity index is 627. The first kappa shape index (κ1) is 21.3. The molecule has 25 heavy (non-hydrogen) atoms. The first-order chi connectivity index (χ1) is 11.4. The van der Waals surface area contributed by atoms with Gasteiger partial charge in [0, 0.05) is 31.6 Å². The van der Waals surface area contributed by atoms with Gasteiger partial charge in [0.25, 0.3) is 0 Å². The van der Waals surface area contributed by atoms with Gasteiger partial charge in [-0.1, -0.05) is 11.6 Å². The van der Waals surface area contributed by atoms with Crippen molar-refractivity contribution in [2.75, 3.05) is 39.2 Å². The van der Waals surface area contributed by atoms with Crippen molar-refractivity contribution < 1.29 is 24.2 Å². The van der Waals surface area contributed by atoms with Crippen LogP contribution >= 0.6 is 24.0 Å². The van der Waals surface area contributed by atoms with Crippen molar-refractivity contribution in [2.24, 2.45) is 5.92 Å². The Morgan fingerprint density at radius 2 is 2.00 bits per heavy atom. The second-order valence-corrected chi connectivity index (χ2v) is 6.02. The summed E-state index contributed by atoms with van der Waals surface area (Å²) in [4.78, 5) is 25.1. The fourth-order valence-corrected chi connectivity index (χ4v) is 2.90. The van der Waals surface area contributed by atoms with Crippen LogP contribution in [0.4, 0.5) is 5.69 Å². The maximum atomic E-state index is 12.2. The lowest BCUT2D eigenvalue weighted by Crippen LogP contribution is -2.27. The number of ether oxygens (including phenoxy) is 2. The summed E-state index contributed by atoms with van der Waals surface area (Å²) in [5.41, 5.74) is 0.480. The molecule has 1 atom stereocenters. The van der Waals surface area contributed by atoms with Crippen LogP contribution in [0.25, 0.3) is 0 Å². The van der Waals surface area contributed by atoms with Gasteiger partial charge in [0.2, 0.25) is 5.91 Å². The topological polar surface area (TPSA) is 88.1 Å². The van der Waals surface area contributed by atoms with E-state index in [0.717, 1.165) is 0 Å². The maximum Gasteiger partial charge on any atom is 0.307 e. The van der Waals surface area contributed by atoms with Gasteiger partial charge in [-0.05, 0) is 13.0 Å². The number of anilines is 1. The van der Waals surface area contributed by atoms with Crippen molar-refractivity contribution in [3.8, 4) is 11.5 Å². The van der Waals surface area contributed by atoms with Crippen LogP contribution in [-0.4, -0.2) is 55.7 Å². The van der Waals surface area contributed by atoms with Gasteiger partial charge in [-0.25, -0.2) is 0 Å². The van der Waals surface area contributed by atoms with Crippen LogP contribution in [-0.2, 0) is 9.59 Å². The molecule has 7 nitrogen and oxygen atoms in total. The quantitative estimate of drug-likeness (QED) is 0.740. The third-order valence-electron chi connectivity index (χ3n) is 4.02. The van der Waals surface area contributed by atoms with Gasteiger partial charge in [-0.2, -0.15) is 0 Å². The highest BCUT2D eigenvalue weighted by Gasteiger charge is 2.27. The first-order valence-electron chi connectivity index (χ1n) is 7.61. The van der Waals surface area contributed by atoms with Crippen LogP contribution < -0.4 is 14.8 Å². The molecular weight excluding hydrogens is 371 g/mol. The summed E-state index contributed by atoms with van der Waals surface area (Å²) in [5.74, 6) is -0.414. The number of halogens is 2. The molecular formula is C16H22Cl2N2O5. The molecule has 0 saturated carbocycles. The maximum absolute atomic E-state index is 12.2. The van der Waals surface area contributed by atoms with Gasteiger partial charge in [0.15, 0.2) is 0 Å². The molecule has 2 N–H and O–H groups in total. The molecule has 0 radical (unpaired) electrons. The molecule has 0 bridgehead atoms. The minimum absolute atomic E-state index is 0. The summed E-state index contributed by atoms with van der Waals surface area (Å²) in [6.45, 7) is 1.70. The number of aliphatic carboxylic acids is 1. The Kier molecular flexibility index (Phi) is 8.28. The molecule has 1 aliphatic rings. The Morgan fingerprint density at radius 1 is 1.32 bits per heavy atom. The van der Waals surface area contributed by atoms with Crippen LogP contribution in [0.15, 0.2) is 12.1 Å². The minimum atomic E-state index is -0.778. The highest BCUT2D eigenvalue weighted by atomic mass is 35.5. The van der Waals surface area contributed by atoms with Crippen LogP contribution in [0.2, 0.25) is 5.02 Å². The number of hydrogen-bond donors (Lipinski definition) is 2. The molecule has 1 saturated heterocycles. The van der Waals surface area contributed by atoms with E-state index in [0.29, 0.717) is 48.3 Å². The van der Waals surface area contributed by atoms with Gasteiger partial charge >= 0.3 is 5.97 Å². The fraction of sp³-hybridized carbons (Fsp3) is 0.500. The van der Waals surface area contributed by atoms with Gasteiger partial charge in [-0.15, -0.1) is 12.4 Å². The second-order valence-electron chi connectivity index (χ2n) is 5.61. The highest BCUT2D eigenvalue weighted by molar-refractivity contribution is 6.32. The molecule has 9 heteroatoms. The van der Waals surface area contributed by atoms with E-state index < -0.39 is 5.97 Å². The van der Waals surface area contributed by atoms with Crippen molar-refractivity contribution in [1.82, 2.24) is 4.90 Å². The number of benzene rings is 1. The summed E-state index contributed by atoms with van der Waals surface area (Å²) < 4.78 is 10.4. The Morgan fingerprint density at radius 3 is 2.56 bits per heavy atom. The van der Waals surface area contributed by atoms with Crippen LogP contribution in [0.1, 0.15) is 12.8 Å². The number of carbonyl (C=O) groups excluding carboxylic acids is 1. The van der Waals surface area contributed by atoms with E-state index in [1.807, 2.05) is 4.90 Å². The molecule has 1 aliphatic heterocycles. The molecule has 140 valence electrons. The number of carbonyl (C=O) groups is 2. The van der Waals surface area contributed by atoms with Crippen LogP contribution in [0, 0.1) is 5.92 Å². The average molecular weight is 393 g/mol. The lowest BCUT2D eigenvalue weighted by Gasteiger charge is -2.16. The molecule has 1 amide bonds. The van der Waals surface area contributed by atoms with Crippen molar-refractivity contribution in [3.05, 3.63) is 17.2 Å². The van der Waals surface area contributed by atoms with E-state index >= 15 is 0 Å². The van der Waals surface area contributed by atoms with Crippen LogP contribution in [0.5, 0.6) is 11.5 Å². The van der Waals surface area contributed by atoms with E-state index in [9.17, 15) is 9.59 Å². The summed E-state index contributed by atoms with van der Waals surface area (Å²) >= 11 is 6.03. The monoisotopic (exact) mass is 392 g/mol. The number of likely N-dealkylation sites (tertiary alicyclic amines) is 1. The summed E-state index contributed by atoms with van der Waals surface area (Å²) in [6, 6.07) is 3.18. The number of nitrogens with zero attached hydrogens (tertiary/aromatic N) is 1. The van der Waals surface area contributed by atoms with E-state index in [-0.39, 0.29) is 30.7 Å². The average Bonchev–Trinajstić information content (AvgIpc) is 3.03. The third kappa shape index (κ3) is 5.66. The molecule has 1 aromatic carbocycles. The molecule has 0 spiro atoms. The molecule has 1 unspecified atom stereocenters. The molecule has 0 aliphatic carbocycles. The standard InChI is InChI=1S/C16H21ClN2O5.ClH/c1-23-13-8-12(14(24-2)7-11(13)17)18-15(20)4-6-19-5-3-10(9-19)16(21)22;/h7-8,10H,3-6,9H2,1-2H3,(H,18,20)(H,21,22);1H. The summed E-state index contributed by atoms with van der Waals surface area (Å²) in [7, 11) is 2.98. The lowest BCUT2D eigenvalue weighted by molar-refractivity contribution is -0.141. The van der Waals surface area contributed by atoms with Gasteiger partial charge in [0.1, 0.15) is 11.5 Å². The number of carboxylic acid groups (broad SMARTS) is 1. The zero-order valence-electron chi connectivity index (χ0n) is 14.1. The van der Waals surface area contributed by atoms with Crippen molar-refractivity contribution in [1.29, 1.82) is 0 Å². The van der Waals surface area contributed by atoms with Gasteiger partial charge in [-0.3, -0.25) is 9.59 Å². The van der Waals surface area contributed by atoms with E-state index in [4.69, 9.17) is 26.2 Å². The molecule has 1 fully saturated rings. The highest BCUT2D eigenvalue weighted by Crippen LogP contribution is 2.35. The number of nitrogens with one attached hydrogen (secondary N) is 1. The SMILES string of the molecule is COc1cc(NC(=O)CCN2CCC(C(=O)O)C2)c(OC)cc1Cl.Cl. The number of carboxylic acids is 1. The third-order valence-corrected chi connectivity index (χ3v) is 4.32. The zero-order valence-corrected chi connectivity index (χ0v) is 15.7. The number of hydrogen-bond acceptors (Lipinski definition) is 5. The first-order valence-corrected chi connectivity index (χ1v) is 7.99. The largest absolute Gasteiger partial charge is 0.495 e. The number of rotatable bonds is 7. The minimum Gasteiger partial charge on any atom is -0.495 e. The molecule has 1 aromatic rings. The Labute approximate surface area is 157 Å². The van der Waals surface area contributed by atoms with Gasteiger partial charge < -0.3 is 24.8 Å². The fourth-order valence-electron chi connectivity index (χ4n) is 2.67. The van der Waals surface area contributed by atoms with Crippen LogP contribution in [0.3, 0.4) is 0 Å². The van der Waals surface area contributed by atoms with E-state index in [1.54, 1.807) is 12.1 Å². The summed E-state index contributed by atoms with van der Waals surface area (Å²) in [6.07, 6.45) is 0.888. The number of methoxy groups -OCH3 is 2. The van der Waals surface area contributed by atoms with E-state index in [2.05, 4.69) is 5.32 Å². The van der Waals surface area contributed by atoms with Gasteiger partial charge in [0.05, 0.1) is 30.8 Å². The Hall–Kier alpha value is -1.70. The molecule has 0 aromatic heterocycles. The summed E-state index contributed by atoms with van der Waals surface area (Å²) in [5, 5.41) is 12.2. The van der Waals surface area contributed by atoms with E-state index in [1.165, 1.54) is 14.2 Å². The van der Waals surface area contributed by atoms with Crippen molar-refractivity contribution in [2.45, 2.75) is 12.8 Å². The van der Waals surface area contributed by atoms with Crippen molar-refractivity contribution in [3.63, 3.8) is 0 Å². The zero-order chi connectivity index (χ0) is 17.7. The smallest absolute Gasteiger partial charge is 0.307 e. The normalized spacial score (nSPS) is 16.8. The molecule has 2 rings (SSSR count). The predicted molar refractivity (Wildman–Crippen MR) is 97.2 cm³/mol. The second kappa shape index (κ2) is 9.70. The lowest BCUT2D eigenvalue weighted by atomic mass is 10.1.